The monoisotopic (exact) mass is 537 g/mol. The van der Waals surface area contributed by atoms with Crippen molar-refractivity contribution in [2.24, 2.45) is 10.1 Å². The topological polar surface area (TPSA) is 133 Å². The van der Waals surface area contributed by atoms with Gasteiger partial charge in [-0.2, -0.15) is 23.3 Å². The summed E-state index contributed by atoms with van der Waals surface area (Å²) < 4.78 is 46.8. The highest BCUT2D eigenvalue weighted by Crippen LogP contribution is 2.45. The largest absolute Gasteiger partial charge is 0.419 e. The molecular weight excluding hydrogens is 507 g/mol. The van der Waals surface area contributed by atoms with Gasteiger partial charge in [-0.05, 0) is 44.7 Å². The number of ether oxygens (including phenoxy) is 1. The summed E-state index contributed by atoms with van der Waals surface area (Å²) in [4.78, 5) is 30.5. The summed E-state index contributed by atoms with van der Waals surface area (Å²) >= 11 is 0. The van der Waals surface area contributed by atoms with Gasteiger partial charge in [0.2, 0.25) is 0 Å². The zero-order chi connectivity index (χ0) is 27.7. The van der Waals surface area contributed by atoms with Crippen LogP contribution in [0.2, 0.25) is 0 Å². The van der Waals surface area contributed by atoms with Gasteiger partial charge in [-0.1, -0.05) is 0 Å². The van der Waals surface area contributed by atoms with Gasteiger partial charge in [-0.25, -0.2) is 4.99 Å². The van der Waals surface area contributed by atoms with Gasteiger partial charge in [0.15, 0.2) is 11.4 Å². The van der Waals surface area contributed by atoms with Crippen molar-refractivity contribution in [3.8, 4) is 0 Å². The molecule has 0 bridgehead atoms. The fourth-order valence-electron chi connectivity index (χ4n) is 4.58. The average molecular weight is 538 g/mol. The Morgan fingerprint density at radius 3 is 2.61 bits per heavy atom. The van der Waals surface area contributed by atoms with Crippen LogP contribution in [0.25, 0.3) is 0 Å². The highest BCUT2D eigenvalue weighted by molar-refractivity contribution is 6.06. The molecule has 14 heteroatoms. The third-order valence-corrected chi connectivity index (χ3v) is 7.01. The van der Waals surface area contributed by atoms with Gasteiger partial charge in [0.05, 0.1) is 11.6 Å². The van der Waals surface area contributed by atoms with E-state index in [0.717, 1.165) is 0 Å². The van der Waals surface area contributed by atoms with E-state index in [0.29, 0.717) is 31.9 Å². The molecule has 206 valence electrons. The molecule has 1 saturated heterocycles. The molecule has 1 aromatic rings. The van der Waals surface area contributed by atoms with Crippen LogP contribution in [0, 0.1) is 0 Å². The minimum atomic E-state index is -4.88. The lowest BCUT2D eigenvalue weighted by atomic mass is 9.74. The highest BCUT2D eigenvalue weighted by Gasteiger charge is 2.64. The van der Waals surface area contributed by atoms with Crippen LogP contribution in [0.15, 0.2) is 56.5 Å². The second-order valence-corrected chi connectivity index (χ2v) is 9.27. The SMILES string of the molecule is C=NN1C(NC)=CC(Nc2cccn(C3CCOCC3)c2=O)=N/C1=C(/C)C(=O)N[C@@H]1CC[C@]1(O)C(F)(F)F. The molecule has 0 spiro atoms. The van der Waals surface area contributed by atoms with Crippen molar-refractivity contribution in [2.45, 2.75) is 56.5 Å². The summed E-state index contributed by atoms with van der Waals surface area (Å²) in [7, 11) is 1.60. The van der Waals surface area contributed by atoms with E-state index in [4.69, 9.17) is 4.74 Å². The van der Waals surface area contributed by atoms with Gasteiger partial charge in [0.1, 0.15) is 17.3 Å². The van der Waals surface area contributed by atoms with Gasteiger partial charge < -0.3 is 30.4 Å². The van der Waals surface area contributed by atoms with E-state index < -0.39 is 30.1 Å². The molecule has 0 unspecified atom stereocenters. The fourth-order valence-corrected chi connectivity index (χ4v) is 4.58. The van der Waals surface area contributed by atoms with Crippen LogP contribution in [0.4, 0.5) is 18.9 Å². The molecule has 4 N–H and O–H groups in total. The maximum absolute atomic E-state index is 13.3. The number of amides is 1. The molecule has 2 atom stereocenters. The molecule has 1 aromatic heterocycles. The van der Waals surface area contributed by atoms with Crippen molar-refractivity contribution in [2.75, 3.05) is 25.6 Å². The Morgan fingerprint density at radius 2 is 2.03 bits per heavy atom. The average Bonchev–Trinajstić information content (AvgIpc) is 2.90. The minimum Gasteiger partial charge on any atom is -0.381 e. The van der Waals surface area contributed by atoms with E-state index in [1.54, 1.807) is 36.0 Å². The van der Waals surface area contributed by atoms with Crippen molar-refractivity contribution in [3.05, 3.63) is 52.0 Å². The number of anilines is 1. The Bertz CT molecular complexity index is 1250. The van der Waals surface area contributed by atoms with Gasteiger partial charge in [-0.15, -0.1) is 0 Å². The van der Waals surface area contributed by atoms with Crippen LogP contribution in [-0.4, -0.2) is 71.2 Å². The molecule has 3 heterocycles. The van der Waals surface area contributed by atoms with Crippen LogP contribution in [-0.2, 0) is 9.53 Å². The van der Waals surface area contributed by atoms with Crippen LogP contribution < -0.4 is 21.5 Å². The lowest BCUT2D eigenvalue weighted by Crippen LogP contribution is -2.67. The van der Waals surface area contributed by atoms with Gasteiger partial charge in [0.25, 0.3) is 11.5 Å². The molecular formula is C24H30F3N7O4. The molecule has 3 aliphatic rings. The maximum Gasteiger partial charge on any atom is 0.419 e. The Morgan fingerprint density at radius 1 is 1.32 bits per heavy atom. The van der Waals surface area contributed by atoms with Crippen molar-refractivity contribution in [1.29, 1.82) is 0 Å². The Hall–Kier alpha value is -3.65. The van der Waals surface area contributed by atoms with Gasteiger partial charge >= 0.3 is 6.18 Å². The molecule has 0 aromatic carbocycles. The standard InChI is InChI=1S/C24H30F3N7O4/c1-14(21(35)31-17-6-9-23(17,37)24(25,26)27)20-32-18(13-19(28-2)34(20)29-3)30-16-5-4-10-33(22(16)36)15-7-11-38-12-8-15/h4-5,10,13,15,17,28,37H,3,6-9,11-12H2,1-2H3,(H,30,32)(H,31,35)/b20-14+/t17-,23-/m1/s1. The number of nitrogens with zero attached hydrogens (tertiary/aromatic N) is 4. The second kappa shape index (κ2) is 10.6. The maximum atomic E-state index is 13.3. The van der Waals surface area contributed by atoms with E-state index in [2.05, 4.69) is 32.8 Å². The number of nitrogens with one attached hydrogen (secondary N) is 3. The first-order valence-corrected chi connectivity index (χ1v) is 12.1. The Balaban J connectivity index is 1.63. The molecule has 1 aliphatic carbocycles. The Labute approximate surface area is 216 Å². The first-order valence-electron chi connectivity index (χ1n) is 12.1. The summed E-state index contributed by atoms with van der Waals surface area (Å²) in [6, 6.07) is 1.84. The molecule has 1 saturated carbocycles. The van der Waals surface area contributed by atoms with Crippen molar-refractivity contribution in [3.63, 3.8) is 0 Å². The van der Waals surface area contributed by atoms with Gasteiger partial charge in [-0.3, -0.25) is 9.59 Å². The van der Waals surface area contributed by atoms with Crippen LogP contribution >= 0.6 is 0 Å². The molecule has 0 radical (unpaired) electrons. The predicted octanol–water partition coefficient (Wildman–Crippen LogP) is 1.81. The number of hydrazone groups is 1. The summed E-state index contributed by atoms with van der Waals surface area (Å²) in [6.45, 7) is 5.99. The molecule has 38 heavy (non-hydrogen) atoms. The number of hydrogen-bond acceptors (Lipinski definition) is 9. The third kappa shape index (κ3) is 5.05. The summed E-state index contributed by atoms with van der Waals surface area (Å²) in [6.07, 6.45) is -0.735. The van der Waals surface area contributed by atoms with E-state index in [-0.39, 0.29) is 40.9 Å². The zero-order valence-electron chi connectivity index (χ0n) is 21.0. The summed E-state index contributed by atoms with van der Waals surface area (Å²) in [5.74, 6) is -0.352. The summed E-state index contributed by atoms with van der Waals surface area (Å²) in [5.41, 5.74) is -3.07. The number of carbonyl (C=O) groups is 1. The lowest BCUT2D eigenvalue weighted by molar-refractivity contribution is -0.296. The fraction of sp³-hybridized carbons (Fsp3) is 0.500. The van der Waals surface area contributed by atoms with E-state index in [9.17, 15) is 27.9 Å². The van der Waals surface area contributed by atoms with Crippen molar-refractivity contribution in [1.82, 2.24) is 20.2 Å². The molecule has 1 amide bonds. The van der Waals surface area contributed by atoms with E-state index >= 15 is 0 Å². The quantitative estimate of drug-likeness (QED) is 0.321. The van der Waals surface area contributed by atoms with Gasteiger partial charge in [0, 0.05) is 45.3 Å². The normalized spacial score (nSPS) is 25.5. The molecule has 4 rings (SSSR count). The van der Waals surface area contributed by atoms with Crippen molar-refractivity contribution >= 4 is 24.1 Å². The number of pyridine rings is 1. The zero-order valence-corrected chi connectivity index (χ0v) is 21.0. The van der Waals surface area contributed by atoms with Crippen LogP contribution in [0.5, 0.6) is 0 Å². The second-order valence-electron chi connectivity index (χ2n) is 9.27. The Kier molecular flexibility index (Phi) is 7.65. The third-order valence-electron chi connectivity index (χ3n) is 7.01. The number of carbonyl (C=O) groups excluding carboxylic acids is 1. The van der Waals surface area contributed by atoms with Crippen LogP contribution in [0.3, 0.4) is 0 Å². The number of hydrogen-bond donors (Lipinski definition) is 4. The highest BCUT2D eigenvalue weighted by atomic mass is 19.4. The number of halogens is 3. The minimum absolute atomic E-state index is 0.00147. The smallest absolute Gasteiger partial charge is 0.381 e. The first-order chi connectivity index (χ1) is 18.0. The molecule has 11 nitrogen and oxygen atoms in total. The number of alkyl halides is 3. The van der Waals surface area contributed by atoms with Crippen molar-refractivity contribution < 1.29 is 27.8 Å². The summed E-state index contributed by atoms with van der Waals surface area (Å²) in [5, 5.41) is 23.2. The lowest BCUT2D eigenvalue weighted by Gasteiger charge is -2.46. The van der Waals surface area contributed by atoms with Crippen LogP contribution in [0.1, 0.15) is 38.6 Å². The first kappa shape index (κ1) is 27.4. The number of aliphatic hydroxyl groups is 1. The predicted molar refractivity (Wildman–Crippen MR) is 134 cm³/mol. The number of amidine groups is 1. The van der Waals surface area contributed by atoms with E-state index in [1.807, 2.05) is 0 Å². The molecule has 2 fully saturated rings. The number of rotatable bonds is 6. The van der Waals surface area contributed by atoms with E-state index in [1.165, 1.54) is 11.9 Å². The molecule has 2 aliphatic heterocycles. The number of aliphatic imine (C=N–C) groups is 1. The number of aromatic nitrogens is 1.